The molecule has 0 amide bonds. The highest BCUT2D eigenvalue weighted by Gasteiger charge is 2.02. The lowest BCUT2D eigenvalue weighted by Gasteiger charge is -2.07. The Morgan fingerprint density at radius 1 is 0.630 bits per heavy atom. The average Bonchev–Trinajstić information content (AvgIpc) is 2.72. The highest BCUT2D eigenvalue weighted by atomic mass is 16.1. The Morgan fingerprint density at radius 3 is 1.81 bits per heavy atom. The van der Waals surface area contributed by atoms with Crippen LogP contribution in [0.4, 0.5) is 0 Å². The van der Waals surface area contributed by atoms with Gasteiger partial charge in [0.15, 0.2) is 5.78 Å². The maximum atomic E-state index is 11.4. The molecule has 0 unspecified atom stereocenters. The SMILES string of the molecule is CC(=O)c1ccc(CCc2ccc(-c3ccc4ccccc4c3)cc2)cc1. The molecular weight excluding hydrogens is 328 g/mol. The van der Waals surface area contributed by atoms with Gasteiger partial charge in [-0.1, -0.05) is 84.9 Å². The predicted octanol–water partition coefficient (Wildman–Crippen LogP) is 6.49. The lowest BCUT2D eigenvalue weighted by atomic mass is 9.98. The number of ketones is 1. The topological polar surface area (TPSA) is 17.1 Å². The third-order valence-corrected chi connectivity index (χ3v) is 5.10. The van der Waals surface area contributed by atoms with Crippen LogP contribution in [0.25, 0.3) is 21.9 Å². The number of fused-ring (bicyclic) bond motifs is 1. The van der Waals surface area contributed by atoms with Crippen LogP contribution in [0.15, 0.2) is 91.0 Å². The van der Waals surface area contributed by atoms with Gasteiger partial charge in [0.25, 0.3) is 0 Å². The molecular formula is C26H22O. The Morgan fingerprint density at radius 2 is 1.19 bits per heavy atom. The fraction of sp³-hybridized carbons (Fsp3) is 0.115. The highest BCUT2D eigenvalue weighted by Crippen LogP contribution is 2.25. The van der Waals surface area contributed by atoms with Crippen LogP contribution in [0.1, 0.15) is 28.4 Å². The molecule has 0 radical (unpaired) electrons. The summed E-state index contributed by atoms with van der Waals surface area (Å²) < 4.78 is 0. The molecule has 0 saturated carbocycles. The lowest BCUT2D eigenvalue weighted by molar-refractivity contribution is 0.101. The van der Waals surface area contributed by atoms with Gasteiger partial charge in [0.1, 0.15) is 0 Å². The smallest absolute Gasteiger partial charge is 0.159 e. The Balaban J connectivity index is 1.45. The van der Waals surface area contributed by atoms with E-state index in [1.165, 1.54) is 33.0 Å². The summed E-state index contributed by atoms with van der Waals surface area (Å²) in [5.74, 6) is 0.117. The van der Waals surface area contributed by atoms with Crippen molar-refractivity contribution < 1.29 is 4.79 Å². The van der Waals surface area contributed by atoms with E-state index in [4.69, 9.17) is 0 Å². The van der Waals surface area contributed by atoms with Crippen molar-refractivity contribution in [2.75, 3.05) is 0 Å². The predicted molar refractivity (Wildman–Crippen MR) is 113 cm³/mol. The first-order chi connectivity index (χ1) is 13.2. The van der Waals surface area contributed by atoms with Gasteiger partial charge in [0.2, 0.25) is 0 Å². The molecule has 0 aromatic heterocycles. The normalized spacial score (nSPS) is 10.9. The number of rotatable bonds is 5. The highest BCUT2D eigenvalue weighted by molar-refractivity contribution is 5.94. The Labute approximate surface area is 160 Å². The summed E-state index contributed by atoms with van der Waals surface area (Å²) in [6, 6.07) is 31.9. The fourth-order valence-electron chi connectivity index (χ4n) is 3.43. The second kappa shape index (κ2) is 7.59. The Bertz CT molecular complexity index is 1070. The summed E-state index contributed by atoms with van der Waals surface area (Å²) in [5.41, 5.74) is 5.86. The van der Waals surface area contributed by atoms with Crippen LogP contribution in [0, 0.1) is 0 Å². The van der Waals surface area contributed by atoms with Crippen LogP contribution >= 0.6 is 0 Å². The minimum absolute atomic E-state index is 0.117. The Hall–Kier alpha value is -3.19. The zero-order chi connectivity index (χ0) is 18.6. The fourth-order valence-corrected chi connectivity index (χ4v) is 3.43. The second-order valence-corrected chi connectivity index (χ2v) is 7.01. The van der Waals surface area contributed by atoms with E-state index in [0.717, 1.165) is 18.4 Å². The maximum absolute atomic E-state index is 11.4. The third kappa shape index (κ3) is 3.98. The molecule has 0 aliphatic heterocycles. The van der Waals surface area contributed by atoms with Crippen LogP contribution in [-0.2, 0) is 12.8 Å². The molecule has 0 saturated heterocycles. The van der Waals surface area contributed by atoms with Crippen molar-refractivity contribution in [1.82, 2.24) is 0 Å². The molecule has 0 aliphatic carbocycles. The number of carbonyl (C=O) groups is 1. The lowest BCUT2D eigenvalue weighted by Crippen LogP contribution is -1.94. The minimum Gasteiger partial charge on any atom is -0.295 e. The maximum Gasteiger partial charge on any atom is 0.159 e. The largest absolute Gasteiger partial charge is 0.295 e. The minimum atomic E-state index is 0.117. The van der Waals surface area contributed by atoms with Gasteiger partial charge in [-0.05, 0) is 58.9 Å². The zero-order valence-electron chi connectivity index (χ0n) is 15.5. The quantitative estimate of drug-likeness (QED) is 0.376. The first kappa shape index (κ1) is 17.2. The monoisotopic (exact) mass is 350 g/mol. The van der Waals surface area contributed by atoms with Gasteiger partial charge in [0, 0.05) is 5.56 Å². The van der Waals surface area contributed by atoms with Crippen molar-refractivity contribution in [3.8, 4) is 11.1 Å². The molecule has 0 bridgehead atoms. The van der Waals surface area contributed by atoms with Gasteiger partial charge in [0.05, 0.1) is 0 Å². The van der Waals surface area contributed by atoms with Crippen LogP contribution in [-0.4, -0.2) is 5.78 Å². The first-order valence-corrected chi connectivity index (χ1v) is 9.37. The molecule has 1 heteroatoms. The number of hydrogen-bond donors (Lipinski definition) is 0. The molecule has 0 fully saturated rings. The molecule has 0 heterocycles. The molecule has 132 valence electrons. The second-order valence-electron chi connectivity index (χ2n) is 7.01. The summed E-state index contributed by atoms with van der Waals surface area (Å²) in [4.78, 5) is 11.4. The van der Waals surface area contributed by atoms with Crippen molar-refractivity contribution >= 4 is 16.6 Å². The molecule has 1 nitrogen and oxygen atoms in total. The van der Waals surface area contributed by atoms with Crippen LogP contribution in [0.5, 0.6) is 0 Å². The van der Waals surface area contributed by atoms with E-state index in [9.17, 15) is 4.79 Å². The third-order valence-electron chi connectivity index (χ3n) is 5.10. The number of aryl methyl sites for hydroxylation is 2. The molecule has 4 aromatic carbocycles. The van der Waals surface area contributed by atoms with Gasteiger partial charge in [-0.15, -0.1) is 0 Å². The number of hydrogen-bond acceptors (Lipinski definition) is 1. The van der Waals surface area contributed by atoms with E-state index >= 15 is 0 Å². The molecule has 0 aliphatic rings. The standard InChI is InChI=1S/C26H22O/c1-19(27)22-12-8-20(9-13-22)6-7-21-10-14-24(15-11-21)26-17-16-23-4-2-3-5-25(23)18-26/h2-5,8-18H,6-7H2,1H3. The van der Waals surface area contributed by atoms with E-state index < -0.39 is 0 Å². The molecule has 4 aromatic rings. The van der Waals surface area contributed by atoms with Gasteiger partial charge in [-0.2, -0.15) is 0 Å². The molecule has 0 atom stereocenters. The van der Waals surface area contributed by atoms with E-state index in [0.29, 0.717) is 0 Å². The first-order valence-electron chi connectivity index (χ1n) is 9.37. The van der Waals surface area contributed by atoms with Crippen LogP contribution < -0.4 is 0 Å². The molecule has 4 rings (SSSR count). The Kier molecular flexibility index (Phi) is 4.84. The summed E-state index contributed by atoms with van der Waals surface area (Å²) in [7, 11) is 0. The summed E-state index contributed by atoms with van der Waals surface area (Å²) in [5, 5.41) is 2.54. The van der Waals surface area contributed by atoms with Crippen LogP contribution in [0.2, 0.25) is 0 Å². The van der Waals surface area contributed by atoms with E-state index in [1.54, 1.807) is 6.92 Å². The zero-order valence-corrected chi connectivity index (χ0v) is 15.5. The average molecular weight is 350 g/mol. The summed E-state index contributed by atoms with van der Waals surface area (Å²) in [6.07, 6.45) is 1.98. The molecule has 27 heavy (non-hydrogen) atoms. The van der Waals surface area contributed by atoms with Crippen molar-refractivity contribution in [1.29, 1.82) is 0 Å². The molecule has 0 N–H and O–H groups in total. The number of Topliss-reactive ketones (excluding diaryl/α,β-unsaturated/α-hetero) is 1. The van der Waals surface area contributed by atoms with E-state index in [1.807, 2.05) is 12.1 Å². The van der Waals surface area contributed by atoms with Crippen molar-refractivity contribution in [3.63, 3.8) is 0 Å². The van der Waals surface area contributed by atoms with Gasteiger partial charge < -0.3 is 0 Å². The van der Waals surface area contributed by atoms with Crippen molar-refractivity contribution in [3.05, 3.63) is 108 Å². The summed E-state index contributed by atoms with van der Waals surface area (Å²) in [6.45, 7) is 1.60. The number of benzene rings is 4. The summed E-state index contributed by atoms with van der Waals surface area (Å²) >= 11 is 0. The van der Waals surface area contributed by atoms with Crippen LogP contribution in [0.3, 0.4) is 0 Å². The van der Waals surface area contributed by atoms with Crippen molar-refractivity contribution in [2.24, 2.45) is 0 Å². The number of carbonyl (C=O) groups excluding carboxylic acids is 1. The van der Waals surface area contributed by atoms with Crippen molar-refractivity contribution in [2.45, 2.75) is 19.8 Å². The van der Waals surface area contributed by atoms with Gasteiger partial charge in [-0.3, -0.25) is 4.79 Å². The van der Waals surface area contributed by atoms with E-state index in [-0.39, 0.29) is 5.78 Å². The van der Waals surface area contributed by atoms with E-state index in [2.05, 4.69) is 78.9 Å². The van der Waals surface area contributed by atoms with Gasteiger partial charge >= 0.3 is 0 Å². The molecule has 0 spiro atoms. The van der Waals surface area contributed by atoms with Gasteiger partial charge in [-0.25, -0.2) is 0 Å².